The lowest BCUT2D eigenvalue weighted by molar-refractivity contribution is 0.0697. The summed E-state index contributed by atoms with van der Waals surface area (Å²) in [5, 5.41) is -0.176. The SMILES string of the molecule is O=C(c1ccncc1)N1CCN(S(=O)(=O)C2CC2)CC1. The molecule has 20 heavy (non-hydrogen) atoms. The Morgan fingerprint density at radius 1 is 1.10 bits per heavy atom. The maximum absolute atomic E-state index is 12.2. The molecule has 1 aromatic heterocycles. The van der Waals surface area contributed by atoms with E-state index >= 15 is 0 Å². The van der Waals surface area contributed by atoms with E-state index < -0.39 is 10.0 Å². The van der Waals surface area contributed by atoms with Gasteiger partial charge < -0.3 is 4.90 Å². The van der Waals surface area contributed by atoms with Gasteiger partial charge in [-0.2, -0.15) is 4.31 Å². The molecule has 0 atom stereocenters. The lowest BCUT2D eigenvalue weighted by atomic mass is 10.2. The molecule has 0 aromatic carbocycles. The molecular formula is C13H17N3O3S. The Morgan fingerprint density at radius 3 is 2.25 bits per heavy atom. The molecular weight excluding hydrogens is 278 g/mol. The highest BCUT2D eigenvalue weighted by molar-refractivity contribution is 7.90. The Kier molecular flexibility index (Phi) is 3.47. The molecule has 3 rings (SSSR count). The second-order valence-electron chi connectivity index (χ2n) is 5.17. The van der Waals surface area contributed by atoms with Gasteiger partial charge in [0.15, 0.2) is 0 Å². The van der Waals surface area contributed by atoms with E-state index in [1.54, 1.807) is 29.4 Å². The molecule has 2 heterocycles. The molecule has 0 N–H and O–H groups in total. The third-order valence-electron chi connectivity index (χ3n) is 3.76. The van der Waals surface area contributed by atoms with Crippen molar-refractivity contribution in [2.24, 2.45) is 0 Å². The molecule has 1 aliphatic carbocycles. The number of carbonyl (C=O) groups is 1. The van der Waals surface area contributed by atoms with Gasteiger partial charge in [0.25, 0.3) is 5.91 Å². The van der Waals surface area contributed by atoms with Crippen LogP contribution in [0.15, 0.2) is 24.5 Å². The second kappa shape index (κ2) is 5.14. The van der Waals surface area contributed by atoms with Gasteiger partial charge in [-0.15, -0.1) is 0 Å². The highest BCUT2D eigenvalue weighted by Crippen LogP contribution is 2.31. The minimum absolute atomic E-state index is 0.0594. The van der Waals surface area contributed by atoms with Gasteiger partial charge in [-0.05, 0) is 25.0 Å². The quantitative estimate of drug-likeness (QED) is 0.806. The number of aromatic nitrogens is 1. The van der Waals surface area contributed by atoms with E-state index in [2.05, 4.69) is 4.98 Å². The maximum atomic E-state index is 12.2. The summed E-state index contributed by atoms with van der Waals surface area (Å²) in [6, 6.07) is 3.35. The summed E-state index contributed by atoms with van der Waals surface area (Å²) >= 11 is 0. The predicted molar refractivity (Wildman–Crippen MR) is 73.7 cm³/mol. The van der Waals surface area contributed by atoms with Crippen molar-refractivity contribution >= 4 is 15.9 Å². The second-order valence-corrected chi connectivity index (χ2v) is 7.38. The predicted octanol–water partition coefficient (Wildman–Crippen LogP) is 0.332. The lowest BCUT2D eigenvalue weighted by Crippen LogP contribution is -2.51. The fraction of sp³-hybridized carbons (Fsp3) is 0.538. The summed E-state index contributed by atoms with van der Waals surface area (Å²) in [6.45, 7) is 1.70. The molecule has 2 fully saturated rings. The number of amides is 1. The average molecular weight is 295 g/mol. The van der Waals surface area contributed by atoms with E-state index in [0.29, 0.717) is 31.7 Å². The van der Waals surface area contributed by atoms with Crippen molar-refractivity contribution in [2.45, 2.75) is 18.1 Å². The number of hydrogen-bond acceptors (Lipinski definition) is 4. The molecule has 2 aliphatic rings. The lowest BCUT2D eigenvalue weighted by Gasteiger charge is -2.34. The van der Waals surface area contributed by atoms with Crippen LogP contribution in [0.2, 0.25) is 0 Å². The van der Waals surface area contributed by atoms with Crippen LogP contribution in [0.3, 0.4) is 0 Å². The van der Waals surface area contributed by atoms with E-state index in [9.17, 15) is 13.2 Å². The molecule has 0 bridgehead atoms. The third-order valence-corrected chi connectivity index (χ3v) is 6.16. The van der Waals surface area contributed by atoms with Crippen molar-refractivity contribution in [2.75, 3.05) is 26.2 Å². The van der Waals surface area contributed by atoms with Gasteiger partial charge in [-0.25, -0.2) is 8.42 Å². The van der Waals surface area contributed by atoms with Crippen LogP contribution in [0.25, 0.3) is 0 Å². The smallest absolute Gasteiger partial charge is 0.254 e. The number of nitrogens with zero attached hydrogens (tertiary/aromatic N) is 3. The molecule has 7 heteroatoms. The van der Waals surface area contributed by atoms with E-state index in [1.165, 1.54) is 4.31 Å². The highest BCUT2D eigenvalue weighted by atomic mass is 32.2. The zero-order chi connectivity index (χ0) is 14.2. The van der Waals surface area contributed by atoms with Crippen LogP contribution in [0.4, 0.5) is 0 Å². The third kappa shape index (κ3) is 2.55. The van der Waals surface area contributed by atoms with Gasteiger partial charge in [0.1, 0.15) is 0 Å². The molecule has 1 amide bonds. The summed E-state index contributed by atoms with van der Waals surface area (Å²) in [5.41, 5.74) is 0.596. The number of sulfonamides is 1. The number of piperazine rings is 1. The number of rotatable bonds is 3. The van der Waals surface area contributed by atoms with Crippen molar-refractivity contribution in [3.63, 3.8) is 0 Å². The van der Waals surface area contributed by atoms with Crippen molar-refractivity contribution in [3.8, 4) is 0 Å². The molecule has 1 saturated heterocycles. The Labute approximate surface area is 118 Å². The topological polar surface area (TPSA) is 70.6 Å². The summed E-state index contributed by atoms with van der Waals surface area (Å²) in [6.07, 6.45) is 4.72. The van der Waals surface area contributed by atoms with Gasteiger partial charge in [-0.3, -0.25) is 9.78 Å². The Hall–Kier alpha value is -1.47. The molecule has 1 aromatic rings. The molecule has 1 saturated carbocycles. The van der Waals surface area contributed by atoms with Crippen LogP contribution < -0.4 is 0 Å². The monoisotopic (exact) mass is 295 g/mol. The fourth-order valence-electron chi connectivity index (χ4n) is 2.40. The molecule has 108 valence electrons. The van der Waals surface area contributed by atoms with Crippen LogP contribution in [0.5, 0.6) is 0 Å². The summed E-state index contributed by atoms with van der Waals surface area (Å²) in [7, 11) is -3.12. The van der Waals surface area contributed by atoms with Gasteiger partial charge in [-0.1, -0.05) is 0 Å². The molecule has 1 aliphatic heterocycles. The minimum atomic E-state index is -3.12. The Balaban J connectivity index is 1.63. The van der Waals surface area contributed by atoms with Crippen LogP contribution in [-0.2, 0) is 10.0 Å². The first kappa shape index (κ1) is 13.5. The van der Waals surface area contributed by atoms with E-state index in [1.807, 2.05) is 0 Å². The zero-order valence-electron chi connectivity index (χ0n) is 11.1. The first-order valence-corrected chi connectivity index (χ1v) is 8.27. The normalized spacial score (nSPS) is 20.9. The largest absolute Gasteiger partial charge is 0.336 e. The highest BCUT2D eigenvalue weighted by Gasteiger charge is 2.41. The van der Waals surface area contributed by atoms with Crippen LogP contribution in [-0.4, -0.2) is 59.9 Å². The summed E-state index contributed by atoms with van der Waals surface area (Å²) < 4.78 is 25.7. The van der Waals surface area contributed by atoms with Crippen molar-refractivity contribution in [1.82, 2.24) is 14.2 Å². The van der Waals surface area contributed by atoms with Gasteiger partial charge in [0, 0.05) is 44.1 Å². The summed E-state index contributed by atoms with van der Waals surface area (Å²) in [5.74, 6) is -0.0594. The molecule has 0 unspecified atom stereocenters. The maximum Gasteiger partial charge on any atom is 0.254 e. The molecule has 0 spiro atoms. The average Bonchev–Trinajstić information content (AvgIpc) is 3.33. The van der Waals surface area contributed by atoms with Gasteiger partial charge in [0.05, 0.1) is 5.25 Å². The number of carbonyl (C=O) groups excluding carboxylic acids is 1. The van der Waals surface area contributed by atoms with Crippen LogP contribution in [0, 0.1) is 0 Å². The van der Waals surface area contributed by atoms with Crippen LogP contribution in [0.1, 0.15) is 23.2 Å². The standard InChI is InChI=1S/C13H17N3O3S/c17-13(11-3-5-14-6-4-11)15-7-9-16(10-8-15)20(18,19)12-1-2-12/h3-6,12H,1-2,7-10H2. The van der Waals surface area contributed by atoms with Gasteiger partial charge >= 0.3 is 0 Å². The number of hydrogen-bond donors (Lipinski definition) is 0. The molecule has 0 radical (unpaired) electrons. The Bertz CT molecular complexity index is 591. The van der Waals surface area contributed by atoms with E-state index in [4.69, 9.17) is 0 Å². The molecule has 6 nitrogen and oxygen atoms in total. The van der Waals surface area contributed by atoms with E-state index in [-0.39, 0.29) is 11.2 Å². The Morgan fingerprint density at radius 2 is 1.70 bits per heavy atom. The minimum Gasteiger partial charge on any atom is -0.336 e. The number of pyridine rings is 1. The van der Waals surface area contributed by atoms with Crippen molar-refractivity contribution in [3.05, 3.63) is 30.1 Å². The fourth-order valence-corrected chi connectivity index (χ4v) is 4.23. The van der Waals surface area contributed by atoms with E-state index in [0.717, 1.165) is 12.8 Å². The van der Waals surface area contributed by atoms with Gasteiger partial charge in [0.2, 0.25) is 10.0 Å². The van der Waals surface area contributed by atoms with Crippen LogP contribution >= 0.6 is 0 Å². The first-order valence-electron chi connectivity index (χ1n) is 6.77. The van der Waals surface area contributed by atoms with Crippen molar-refractivity contribution in [1.29, 1.82) is 0 Å². The zero-order valence-corrected chi connectivity index (χ0v) is 11.9. The summed E-state index contributed by atoms with van der Waals surface area (Å²) in [4.78, 5) is 17.8. The first-order chi connectivity index (χ1) is 9.59. The van der Waals surface area contributed by atoms with Crippen molar-refractivity contribution < 1.29 is 13.2 Å².